The number of nitrogens with zero attached hydrogens (tertiary/aromatic N) is 2. The van der Waals surface area contributed by atoms with Crippen LogP contribution >= 0.6 is 11.8 Å². The van der Waals surface area contributed by atoms with E-state index in [1.54, 1.807) is 23.9 Å². The highest BCUT2D eigenvalue weighted by molar-refractivity contribution is 8.13. The van der Waals surface area contributed by atoms with E-state index in [-0.39, 0.29) is 19.0 Å². The van der Waals surface area contributed by atoms with Crippen LogP contribution in [0.3, 0.4) is 0 Å². The molecule has 2 aliphatic rings. The van der Waals surface area contributed by atoms with Crippen LogP contribution in [0.2, 0.25) is 0 Å². The molecule has 0 aromatic heterocycles. The van der Waals surface area contributed by atoms with Gasteiger partial charge in [-0.1, -0.05) is 30.3 Å². The molecule has 2 amide bonds. The zero-order chi connectivity index (χ0) is 21.8. The van der Waals surface area contributed by atoms with Gasteiger partial charge in [0.25, 0.3) is 0 Å². The Hall–Kier alpha value is -3.13. The van der Waals surface area contributed by atoms with Gasteiger partial charge in [-0.3, -0.25) is 14.7 Å². The van der Waals surface area contributed by atoms with Crippen LogP contribution in [0.4, 0.5) is 14.9 Å². The fraction of sp³-hybridized carbons (Fsp3) is 0.261. The van der Waals surface area contributed by atoms with E-state index in [0.717, 1.165) is 28.3 Å². The van der Waals surface area contributed by atoms with E-state index in [2.05, 4.69) is 10.3 Å². The molecular weight excluding hydrogens is 417 g/mol. The number of carbonyl (C=O) groups is 2. The number of allylic oxidation sites excluding steroid dienone is 1. The average molecular weight is 440 g/mol. The zero-order valence-electron chi connectivity index (χ0n) is 17.0. The third kappa shape index (κ3) is 5.14. The summed E-state index contributed by atoms with van der Waals surface area (Å²) in [6.07, 6.45) is 3.73. The lowest BCUT2D eigenvalue weighted by atomic mass is 10.0. The molecule has 1 fully saturated rings. The second-order valence-corrected chi connectivity index (χ2v) is 8.36. The van der Waals surface area contributed by atoms with Crippen molar-refractivity contribution in [1.82, 2.24) is 5.32 Å². The lowest BCUT2D eigenvalue weighted by molar-refractivity contribution is -0.119. The van der Waals surface area contributed by atoms with Crippen LogP contribution in [0.1, 0.15) is 18.9 Å². The molecule has 0 saturated carbocycles. The summed E-state index contributed by atoms with van der Waals surface area (Å²) in [7, 11) is 0. The average Bonchev–Trinajstić information content (AvgIpc) is 3.41. The van der Waals surface area contributed by atoms with Crippen molar-refractivity contribution in [2.45, 2.75) is 25.2 Å². The van der Waals surface area contributed by atoms with Crippen LogP contribution in [0.5, 0.6) is 0 Å². The Morgan fingerprint density at radius 1 is 1.29 bits per heavy atom. The molecule has 2 heterocycles. The molecular formula is C23H22FN3O3S. The molecule has 1 saturated heterocycles. The summed E-state index contributed by atoms with van der Waals surface area (Å²) in [6, 6.07) is 12.5. The molecule has 0 aliphatic carbocycles. The number of amides is 2. The molecule has 2 aromatic rings. The number of ether oxygens (including phenoxy) is 1. The van der Waals surface area contributed by atoms with Crippen molar-refractivity contribution >= 4 is 34.5 Å². The highest BCUT2D eigenvalue weighted by Crippen LogP contribution is 2.30. The van der Waals surface area contributed by atoms with Crippen molar-refractivity contribution in [3.8, 4) is 11.1 Å². The summed E-state index contributed by atoms with van der Waals surface area (Å²) in [4.78, 5) is 28.9. The molecule has 2 aliphatic heterocycles. The number of nitrogens with one attached hydrogen (secondary N) is 1. The van der Waals surface area contributed by atoms with E-state index in [1.165, 1.54) is 17.9 Å². The first kappa shape index (κ1) is 21.1. The lowest BCUT2D eigenvalue weighted by Gasteiger charge is -2.14. The second kappa shape index (κ2) is 9.34. The SMILES string of the molecule is CC(=O)NC[C@H]1CN(c2ccc(-c3ccc(CSC4=NC=CC4)cc3)c(F)c2)C(=O)O1. The molecule has 6 nitrogen and oxygen atoms in total. The number of rotatable bonds is 6. The van der Waals surface area contributed by atoms with Crippen LogP contribution < -0.4 is 10.2 Å². The highest BCUT2D eigenvalue weighted by atomic mass is 32.2. The summed E-state index contributed by atoms with van der Waals surface area (Å²) in [5.41, 5.74) is 2.81. The van der Waals surface area contributed by atoms with Crippen molar-refractivity contribution in [3.63, 3.8) is 0 Å². The standard InChI is InChI=1S/C23H22FN3O3S/c1-15(28)26-12-19-13-27(23(29)30-19)18-8-9-20(21(24)11-18)17-6-4-16(5-7-17)14-31-22-3-2-10-25-22/h2,4-11,19H,3,12-14H2,1H3,(H,26,28)/t19-/m0/s1. The number of halogens is 1. The van der Waals surface area contributed by atoms with E-state index in [1.807, 2.05) is 36.5 Å². The van der Waals surface area contributed by atoms with E-state index in [4.69, 9.17) is 4.74 Å². The van der Waals surface area contributed by atoms with Crippen LogP contribution in [0.25, 0.3) is 11.1 Å². The summed E-state index contributed by atoms with van der Waals surface area (Å²) >= 11 is 1.70. The fourth-order valence-corrected chi connectivity index (χ4v) is 4.26. The number of hydrogen-bond acceptors (Lipinski definition) is 5. The van der Waals surface area contributed by atoms with Gasteiger partial charge in [0.15, 0.2) is 0 Å². The molecule has 1 N–H and O–H groups in total. The number of aliphatic imine (C=N–C) groups is 1. The number of thioether (sulfide) groups is 1. The lowest BCUT2D eigenvalue weighted by Crippen LogP contribution is -2.33. The number of hydrogen-bond donors (Lipinski definition) is 1. The van der Waals surface area contributed by atoms with Crippen molar-refractivity contribution in [3.05, 3.63) is 66.1 Å². The van der Waals surface area contributed by atoms with Gasteiger partial charge in [-0.2, -0.15) is 0 Å². The van der Waals surface area contributed by atoms with Crippen LogP contribution in [-0.4, -0.2) is 36.2 Å². The third-order valence-electron chi connectivity index (χ3n) is 5.00. The Bertz CT molecular complexity index is 1050. The number of anilines is 1. The van der Waals surface area contributed by atoms with Gasteiger partial charge in [0.05, 0.1) is 23.8 Å². The molecule has 0 unspecified atom stereocenters. The van der Waals surface area contributed by atoms with Gasteiger partial charge in [-0.25, -0.2) is 9.18 Å². The number of carbonyl (C=O) groups excluding carboxylic acids is 2. The predicted octanol–water partition coefficient (Wildman–Crippen LogP) is 4.50. The molecule has 0 radical (unpaired) electrons. The molecule has 0 bridgehead atoms. The monoisotopic (exact) mass is 439 g/mol. The Labute approximate surface area is 184 Å². The molecule has 1 atom stereocenters. The van der Waals surface area contributed by atoms with Crippen molar-refractivity contribution in [2.24, 2.45) is 4.99 Å². The fourth-order valence-electron chi connectivity index (χ4n) is 3.39. The summed E-state index contributed by atoms with van der Waals surface area (Å²) in [5, 5.41) is 3.73. The Morgan fingerprint density at radius 2 is 2.10 bits per heavy atom. The first-order chi connectivity index (χ1) is 15.0. The Balaban J connectivity index is 1.41. The minimum absolute atomic E-state index is 0.196. The van der Waals surface area contributed by atoms with Crippen molar-refractivity contribution < 1.29 is 18.7 Å². The quantitative estimate of drug-likeness (QED) is 0.719. The maximum absolute atomic E-state index is 14.9. The van der Waals surface area contributed by atoms with Gasteiger partial charge < -0.3 is 10.1 Å². The van der Waals surface area contributed by atoms with Crippen LogP contribution in [0.15, 0.2) is 59.7 Å². The minimum atomic E-state index is -0.550. The van der Waals surface area contributed by atoms with Gasteiger partial charge in [0.1, 0.15) is 11.9 Å². The molecule has 2 aromatic carbocycles. The molecule has 0 spiro atoms. The topological polar surface area (TPSA) is 71.0 Å². The third-order valence-corrected chi connectivity index (χ3v) is 6.09. The van der Waals surface area contributed by atoms with E-state index < -0.39 is 18.0 Å². The maximum Gasteiger partial charge on any atom is 0.414 e. The van der Waals surface area contributed by atoms with E-state index >= 15 is 0 Å². The minimum Gasteiger partial charge on any atom is -0.442 e. The molecule has 8 heteroatoms. The van der Waals surface area contributed by atoms with E-state index in [9.17, 15) is 14.0 Å². The normalized spacial score (nSPS) is 17.6. The van der Waals surface area contributed by atoms with Crippen molar-refractivity contribution in [2.75, 3.05) is 18.0 Å². The number of benzene rings is 2. The summed E-state index contributed by atoms with van der Waals surface area (Å²) in [5.74, 6) is 0.210. The largest absolute Gasteiger partial charge is 0.442 e. The predicted molar refractivity (Wildman–Crippen MR) is 121 cm³/mol. The highest BCUT2D eigenvalue weighted by Gasteiger charge is 2.32. The van der Waals surface area contributed by atoms with Crippen LogP contribution in [0, 0.1) is 5.82 Å². The second-order valence-electron chi connectivity index (χ2n) is 7.31. The van der Waals surface area contributed by atoms with Gasteiger partial charge in [-0.05, 0) is 29.3 Å². The summed E-state index contributed by atoms with van der Waals surface area (Å²) < 4.78 is 20.1. The summed E-state index contributed by atoms with van der Waals surface area (Å²) in [6.45, 7) is 1.88. The van der Waals surface area contributed by atoms with Crippen LogP contribution in [-0.2, 0) is 15.3 Å². The van der Waals surface area contributed by atoms with Gasteiger partial charge >= 0.3 is 6.09 Å². The molecule has 4 rings (SSSR count). The Kier molecular flexibility index (Phi) is 6.36. The number of cyclic esters (lactones) is 1. The Morgan fingerprint density at radius 3 is 2.77 bits per heavy atom. The first-order valence-corrected chi connectivity index (χ1v) is 10.9. The molecule has 31 heavy (non-hydrogen) atoms. The van der Waals surface area contributed by atoms with Gasteiger partial charge in [-0.15, -0.1) is 11.8 Å². The smallest absolute Gasteiger partial charge is 0.414 e. The first-order valence-electron chi connectivity index (χ1n) is 9.95. The maximum atomic E-state index is 14.9. The zero-order valence-corrected chi connectivity index (χ0v) is 17.8. The van der Waals surface area contributed by atoms with Crippen molar-refractivity contribution in [1.29, 1.82) is 0 Å². The van der Waals surface area contributed by atoms with Gasteiger partial charge in [0, 0.05) is 30.9 Å². The van der Waals surface area contributed by atoms with Gasteiger partial charge in [0.2, 0.25) is 5.91 Å². The van der Waals surface area contributed by atoms with E-state index in [0.29, 0.717) is 11.3 Å². The molecule has 160 valence electrons.